The number of aromatic nitrogens is 5. The number of carbonyl (C=O) groups is 2. The molecule has 32 heavy (non-hydrogen) atoms. The third-order valence-electron chi connectivity index (χ3n) is 5.31. The molecule has 1 aliphatic heterocycles. The van der Waals surface area contributed by atoms with Crippen LogP contribution in [0.15, 0.2) is 29.3 Å². The van der Waals surface area contributed by atoms with E-state index in [0.717, 1.165) is 0 Å². The van der Waals surface area contributed by atoms with Gasteiger partial charge < -0.3 is 14.5 Å². The Bertz CT molecular complexity index is 1230. The predicted octanol–water partition coefficient (Wildman–Crippen LogP) is 1.46. The van der Waals surface area contributed by atoms with Crippen LogP contribution in [0.1, 0.15) is 36.8 Å². The van der Waals surface area contributed by atoms with Crippen LogP contribution in [0.5, 0.6) is 0 Å². The van der Waals surface area contributed by atoms with Gasteiger partial charge in [-0.2, -0.15) is 5.10 Å². The highest BCUT2D eigenvalue weighted by Crippen LogP contribution is 2.22. The standard InChI is InChI=1S/C21H27N7O4/c1-13-15(9-22-28(13)19-23-17(29)16-7-6-8-27(16)24-19)18(30)26-11-14(12-26)10-25(5)20(31)32-21(2,3)4/h6-9,14H,10-12H2,1-5H3,(H,23,24,29). The zero-order valence-electron chi connectivity index (χ0n) is 18.8. The van der Waals surface area contributed by atoms with Gasteiger partial charge in [0.25, 0.3) is 11.5 Å². The number of amides is 2. The van der Waals surface area contributed by atoms with Gasteiger partial charge >= 0.3 is 6.09 Å². The molecule has 0 radical (unpaired) electrons. The van der Waals surface area contributed by atoms with Crippen LogP contribution in [0.25, 0.3) is 11.5 Å². The van der Waals surface area contributed by atoms with Gasteiger partial charge in [0.05, 0.1) is 17.5 Å². The van der Waals surface area contributed by atoms with Gasteiger partial charge in [0.1, 0.15) is 11.1 Å². The van der Waals surface area contributed by atoms with Crippen molar-refractivity contribution < 1.29 is 14.3 Å². The number of aromatic amines is 1. The van der Waals surface area contributed by atoms with Gasteiger partial charge in [-0.15, -0.1) is 5.10 Å². The molecule has 0 aliphatic carbocycles. The van der Waals surface area contributed by atoms with Crippen LogP contribution in [0.3, 0.4) is 0 Å². The van der Waals surface area contributed by atoms with E-state index >= 15 is 0 Å². The highest BCUT2D eigenvalue weighted by Gasteiger charge is 2.34. The quantitative estimate of drug-likeness (QED) is 0.655. The zero-order valence-corrected chi connectivity index (χ0v) is 18.8. The summed E-state index contributed by atoms with van der Waals surface area (Å²) in [5, 5.41) is 8.61. The van der Waals surface area contributed by atoms with Crippen molar-refractivity contribution in [2.75, 3.05) is 26.7 Å². The summed E-state index contributed by atoms with van der Waals surface area (Å²) in [5.41, 5.74) is 0.619. The zero-order chi connectivity index (χ0) is 23.2. The third kappa shape index (κ3) is 4.10. The molecule has 170 valence electrons. The van der Waals surface area contributed by atoms with Gasteiger partial charge in [0, 0.05) is 38.8 Å². The molecule has 0 aromatic carbocycles. The summed E-state index contributed by atoms with van der Waals surface area (Å²) in [6.07, 6.45) is 2.78. The van der Waals surface area contributed by atoms with E-state index in [2.05, 4.69) is 15.2 Å². The maximum Gasteiger partial charge on any atom is 0.410 e. The Kier molecular flexibility index (Phi) is 5.27. The molecular formula is C21H27N7O4. The molecule has 1 saturated heterocycles. The van der Waals surface area contributed by atoms with Crippen LogP contribution in [0, 0.1) is 12.8 Å². The van der Waals surface area contributed by atoms with Gasteiger partial charge in [0.15, 0.2) is 0 Å². The average molecular weight is 441 g/mol. The second-order valence-electron chi connectivity index (χ2n) is 9.11. The number of rotatable bonds is 4. The summed E-state index contributed by atoms with van der Waals surface area (Å²) >= 11 is 0. The first kappa shape index (κ1) is 21.6. The maximum atomic E-state index is 13.0. The fraction of sp³-hybridized carbons (Fsp3) is 0.476. The SMILES string of the molecule is Cc1c(C(=O)N2CC(CN(C)C(=O)OC(C)(C)C)C2)cnn1-c1nn2cccc2c(=O)[nH]1. The third-order valence-corrected chi connectivity index (χ3v) is 5.31. The van der Waals surface area contributed by atoms with E-state index in [1.807, 2.05) is 20.8 Å². The summed E-state index contributed by atoms with van der Waals surface area (Å²) in [6, 6.07) is 3.40. The predicted molar refractivity (Wildman–Crippen MR) is 116 cm³/mol. The van der Waals surface area contributed by atoms with E-state index in [0.29, 0.717) is 36.4 Å². The highest BCUT2D eigenvalue weighted by molar-refractivity contribution is 5.95. The Morgan fingerprint density at radius 2 is 2.03 bits per heavy atom. The number of carbonyl (C=O) groups excluding carboxylic acids is 2. The Morgan fingerprint density at radius 1 is 1.31 bits per heavy atom. The van der Waals surface area contributed by atoms with Crippen molar-refractivity contribution in [3.8, 4) is 5.95 Å². The first-order chi connectivity index (χ1) is 15.0. The van der Waals surface area contributed by atoms with Crippen LogP contribution in [0.2, 0.25) is 0 Å². The van der Waals surface area contributed by atoms with E-state index in [9.17, 15) is 14.4 Å². The molecule has 4 heterocycles. The first-order valence-electron chi connectivity index (χ1n) is 10.4. The minimum Gasteiger partial charge on any atom is -0.444 e. The molecule has 4 rings (SSSR count). The van der Waals surface area contributed by atoms with Crippen molar-refractivity contribution in [3.63, 3.8) is 0 Å². The number of nitrogens with zero attached hydrogens (tertiary/aromatic N) is 6. The Balaban J connectivity index is 1.41. The van der Waals surface area contributed by atoms with Gasteiger partial charge in [0.2, 0.25) is 5.95 Å². The smallest absolute Gasteiger partial charge is 0.410 e. The van der Waals surface area contributed by atoms with E-state index in [4.69, 9.17) is 4.74 Å². The fourth-order valence-corrected chi connectivity index (χ4v) is 3.68. The molecule has 3 aromatic rings. The summed E-state index contributed by atoms with van der Waals surface area (Å²) in [6.45, 7) is 8.83. The molecular weight excluding hydrogens is 414 g/mol. The van der Waals surface area contributed by atoms with Crippen molar-refractivity contribution in [1.82, 2.24) is 34.2 Å². The lowest BCUT2D eigenvalue weighted by Gasteiger charge is -2.41. The lowest BCUT2D eigenvalue weighted by Crippen LogP contribution is -2.54. The Labute approximate surface area is 184 Å². The van der Waals surface area contributed by atoms with E-state index in [-0.39, 0.29) is 29.4 Å². The molecule has 0 spiro atoms. The molecule has 1 fully saturated rings. The van der Waals surface area contributed by atoms with Crippen molar-refractivity contribution in [2.45, 2.75) is 33.3 Å². The molecule has 1 aliphatic rings. The molecule has 11 heteroatoms. The number of nitrogens with one attached hydrogen (secondary N) is 1. The molecule has 2 amide bonds. The van der Waals surface area contributed by atoms with Crippen LogP contribution in [0.4, 0.5) is 4.79 Å². The summed E-state index contributed by atoms with van der Waals surface area (Å²) in [7, 11) is 1.70. The number of likely N-dealkylation sites (tertiary alicyclic amines) is 1. The molecule has 0 bridgehead atoms. The Morgan fingerprint density at radius 3 is 2.72 bits per heavy atom. The first-order valence-corrected chi connectivity index (χ1v) is 10.4. The van der Waals surface area contributed by atoms with Gasteiger partial charge in [-0.05, 0) is 39.8 Å². The van der Waals surface area contributed by atoms with Crippen molar-refractivity contribution in [1.29, 1.82) is 0 Å². The summed E-state index contributed by atoms with van der Waals surface area (Å²) < 4.78 is 8.28. The number of H-pyrrole nitrogens is 1. The normalized spacial score (nSPS) is 14.5. The van der Waals surface area contributed by atoms with Crippen LogP contribution < -0.4 is 5.56 Å². The largest absolute Gasteiger partial charge is 0.444 e. The molecule has 0 atom stereocenters. The minimum atomic E-state index is -0.546. The monoisotopic (exact) mass is 441 g/mol. The lowest BCUT2D eigenvalue weighted by atomic mass is 9.98. The van der Waals surface area contributed by atoms with Crippen molar-refractivity contribution >= 4 is 17.5 Å². The van der Waals surface area contributed by atoms with Crippen LogP contribution in [-0.2, 0) is 4.74 Å². The van der Waals surface area contributed by atoms with Crippen molar-refractivity contribution in [3.05, 3.63) is 46.1 Å². The summed E-state index contributed by atoms with van der Waals surface area (Å²) in [5.74, 6) is 0.269. The van der Waals surface area contributed by atoms with E-state index in [1.54, 1.807) is 42.1 Å². The minimum absolute atomic E-state index is 0.144. The number of hydrogen-bond acceptors (Lipinski definition) is 6. The number of hydrogen-bond donors (Lipinski definition) is 1. The second kappa shape index (κ2) is 7.81. The number of fused-ring (bicyclic) bond motifs is 1. The molecule has 0 unspecified atom stereocenters. The van der Waals surface area contributed by atoms with Gasteiger partial charge in [-0.3, -0.25) is 14.6 Å². The van der Waals surface area contributed by atoms with Crippen molar-refractivity contribution in [2.24, 2.45) is 5.92 Å². The highest BCUT2D eigenvalue weighted by atomic mass is 16.6. The number of ether oxygens (including phenoxy) is 1. The lowest BCUT2D eigenvalue weighted by molar-refractivity contribution is 0.0166. The van der Waals surface area contributed by atoms with E-state index < -0.39 is 5.60 Å². The topological polar surface area (TPSA) is 118 Å². The van der Waals surface area contributed by atoms with E-state index in [1.165, 1.54) is 15.4 Å². The fourth-order valence-electron chi connectivity index (χ4n) is 3.68. The Hall–Kier alpha value is -3.63. The van der Waals surface area contributed by atoms with Gasteiger partial charge in [-0.25, -0.2) is 14.0 Å². The molecule has 0 saturated carbocycles. The second-order valence-corrected chi connectivity index (χ2v) is 9.11. The van der Waals surface area contributed by atoms with Crippen LogP contribution >= 0.6 is 0 Å². The maximum absolute atomic E-state index is 13.0. The average Bonchev–Trinajstić information content (AvgIpc) is 3.29. The molecule has 1 N–H and O–H groups in total. The van der Waals surface area contributed by atoms with Crippen LogP contribution in [-0.4, -0.2) is 78.5 Å². The summed E-state index contributed by atoms with van der Waals surface area (Å²) in [4.78, 5) is 43.3. The molecule has 11 nitrogen and oxygen atoms in total. The van der Waals surface area contributed by atoms with Gasteiger partial charge in [-0.1, -0.05) is 0 Å². The molecule has 3 aromatic heterocycles.